The molecule has 1 aromatic heterocycles. The number of hydrogen-bond acceptors (Lipinski definition) is 6. The molecule has 1 saturated carbocycles. The Kier molecular flexibility index (Phi) is 9.77. The Labute approximate surface area is 249 Å². The first-order valence-electron chi connectivity index (χ1n) is 14.3. The van der Waals surface area contributed by atoms with Gasteiger partial charge in [-0.15, -0.1) is 10.2 Å². The SMILES string of the molecule is O=C(N[C@H](C(=O)NCCCC(=O)c1nnc(-c2ccccc2)o1)C1CCCCC1)c1ccc(-c2cccc(Cl)c2)cc1. The smallest absolute Gasteiger partial charge is 0.284 e. The molecule has 0 spiro atoms. The number of halogens is 1. The van der Waals surface area contributed by atoms with E-state index in [0.717, 1.165) is 48.8 Å². The first kappa shape index (κ1) is 29.2. The van der Waals surface area contributed by atoms with Crippen molar-refractivity contribution >= 4 is 29.2 Å². The van der Waals surface area contributed by atoms with Crippen LogP contribution in [0, 0.1) is 5.92 Å². The van der Waals surface area contributed by atoms with E-state index in [1.165, 1.54) is 0 Å². The van der Waals surface area contributed by atoms with Gasteiger partial charge in [-0.25, -0.2) is 0 Å². The average Bonchev–Trinajstić information content (AvgIpc) is 3.53. The lowest BCUT2D eigenvalue weighted by Gasteiger charge is -2.30. The molecular formula is C33H33ClN4O4. The molecule has 4 aromatic rings. The van der Waals surface area contributed by atoms with E-state index in [1.54, 1.807) is 12.1 Å². The highest BCUT2D eigenvalue weighted by Gasteiger charge is 2.31. The zero-order valence-electron chi connectivity index (χ0n) is 23.2. The first-order valence-corrected chi connectivity index (χ1v) is 14.7. The predicted octanol–water partition coefficient (Wildman–Crippen LogP) is 6.52. The molecule has 2 amide bonds. The molecule has 0 radical (unpaired) electrons. The molecule has 1 fully saturated rings. The third-order valence-electron chi connectivity index (χ3n) is 7.56. The highest BCUT2D eigenvalue weighted by molar-refractivity contribution is 6.30. The number of aromatic nitrogens is 2. The predicted molar refractivity (Wildman–Crippen MR) is 161 cm³/mol. The van der Waals surface area contributed by atoms with Crippen LogP contribution in [0.4, 0.5) is 0 Å². The molecule has 2 N–H and O–H groups in total. The van der Waals surface area contributed by atoms with Crippen LogP contribution >= 0.6 is 11.6 Å². The van der Waals surface area contributed by atoms with Crippen LogP contribution in [0.25, 0.3) is 22.6 Å². The highest BCUT2D eigenvalue weighted by atomic mass is 35.5. The van der Waals surface area contributed by atoms with Crippen LogP contribution in [0.2, 0.25) is 5.02 Å². The van der Waals surface area contributed by atoms with Gasteiger partial charge in [-0.05, 0) is 72.7 Å². The van der Waals surface area contributed by atoms with Gasteiger partial charge in [0.05, 0.1) is 0 Å². The van der Waals surface area contributed by atoms with Gasteiger partial charge in [-0.3, -0.25) is 14.4 Å². The van der Waals surface area contributed by atoms with Gasteiger partial charge in [0.15, 0.2) is 0 Å². The Morgan fingerprint density at radius 1 is 0.857 bits per heavy atom. The summed E-state index contributed by atoms with van der Waals surface area (Å²) < 4.78 is 5.54. The van der Waals surface area contributed by atoms with E-state index < -0.39 is 6.04 Å². The fourth-order valence-corrected chi connectivity index (χ4v) is 5.47. The fraction of sp³-hybridized carbons (Fsp3) is 0.303. The van der Waals surface area contributed by atoms with Gasteiger partial charge in [0.1, 0.15) is 6.04 Å². The fourth-order valence-electron chi connectivity index (χ4n) is 5.28. The molecule has 1 atom stereocenters. The quantitative estimate of drug-likeness (QED) is 0.153. The zero-order chi connectivity index (χ0) is 29.3. The minimum absolute atomic E-state index is 0.0473. The van der Waals surface area contributed by atoms with Crippen molar-refractivity contribution in [3.05, 3.63) is 95.3 Å². The second-order valence-electron chi connectivity index (χ2n) is 10.5. The van der Waals surface area contributed by atoms with Crippen LogP contribution in [0.5, 0.6) is 0 Å². The lowest BCUT2D eigenvalue weighted by molar-refractivity contribution is -0.124. The van der Waals surface area contributed by atoms with Crippen molar-refractivity contribution in [1.82, 2.24) is 20.8 Å². The zero-order valence-corrected chi connectivity index (χ0v) is 24.0. The topological polar surface area (TPSA) is 114 Å². The summed E-state index contributed by atoms with van der Waals surface area (Å²) in [7, 11) is 0. The van der Waals surface area contributed by atoms with Crippen LogP contribution in [-0.2, 0) is 4.79 Å². The Morgan fingerprint density at radius 3 is 2.33 bits per heavy atom. The van der Waals surface area contributed by atoms with E-state index >= 15 is 0 Å². The number of benzene rings is 3. The third-order valence-corrected chi connectivity index (χ3v) is 7.79. The van der Waals surface area contributed by atoms with Crippen molar-refractivity contribution in [2.75, 3.05) is 6.54 Å². The minimum Gasteiger partial charge on any atom is -0.414 e. The summed E-state index contributed by atoms with van der Waals surface area (Å²) in [5, 5.41) is 14.4. The van der Waals surface area contributed by atoms with Crippen LogP contribution < -0.4 is 10.6 Å². The van der Waals surface area contributed by atoms with Crippen molar-refractivity contribution in [2.45, 2.75) is 51.0 Å². The van der Waals surface area contributed by atoms with Gasteiger partial charge in [-0.2, -0.15) is 0 Å². The van der Waals surface area contributed by atoms with Crippen molar-refractivity contribution in [1.29, 1.82) is 0 Å². The number of carbonyl (C=O) groups excluding carboxylic acids is 3. The van der Waals surface area contributed by atoms with E-state index in [2.05, 4.69) is 20.8 Å². The van der Waals surface area contributed by atoms with Crippen molar-refractivity contribution < 1.29 is 18.8 Å². The number of rotatable bonds is 11. The molecule has 3 aromatic carbocycles. The molecule has 9 heteroatoms. The second kappa shape index (κ2) is 14.0. The Hall–Kier alpha value is -4.30. The summed E-state index contributed by atoms with van der Waals surface area (Å²) in [4.78, 5) is 39.1. The molecule has 0 bridgehead atoms. The molecule has 42 heavy (non-hydrogen) atoms. The maximum atomic E-state index is 13.3. The Morgan fingerprint density at radius 2 is 1.60 bits per heavy atom. The summed E-state index contributed by atoms with van der Waals surface area (Å²) >= 11 is 6.12. The minimum atomic E-state index is -0.648. The van der Waals surface area contributed by atoms with Crippen LogP contribution in [0.1, 0.15) is 66.0 Å². The van der Waals surface area contributed by atoms with E-state index in [4.69, 9.17) is 16.0 Å². The molecule has 0 aliphatic heterocycles. The van der Waals surface area contributed by atoms with E-state index in [-0.39, 0.29) is 48.3 Å². The van der Waals surface area contributed by atoms with Gasteiger partial charge in [-0.1, -0.05) is 73.3 Å². The average molecular weight is 585 g/mol. The summed E-state index contributed by atoms with van der Waals surface area (Å²) in [6, 6.07) is 23.4. The summed E-state index contributed by atoms with van der Waals surface area (Å²) in [5.41, 5.74) is 3.13. The van der Waals surface area contributed by atoms with Crippen molar-refractivity contribution in [2.24, 2.45) is 5.92 Å². The number of nitrogens with one attached hydrogen (secondary N) is 2. The van der Waals surface area contributed by atoms with Crippen molar-refractivity contribution in [3.63, 3.8) is 0 Å². The summed E-state index contributed by atoms with van der Waals surface area (Å²) in [5.74, 6) is -0.505. The largest absolute Gasteiger partial charge is 0.414 e. The number of nitrogens with zero attached hydrogens (tertiary/aromatic N) is 2. The van der Waals surface area contributed by atoms with Crippen LogP contribution in [-0.4, -0.2) is 40.4 Å². The third kappa shape index (κ3) is 7.50. The number of carbonyl (C=O) groups is 3. The molecular weight excluding hydrogens is 552 g/mol. The molecule has 5 rings (SSSR count). The Bertz CT molecular complexity index is 1510. The Balaban J connectivity index is 1.16. The lowest BCUT2D eigenvalue weighted by atomic mass is 9.83. The normalized spacial score (nSPS) is 14.2. The maximum absolute atomic E-state index is 13.3. The highest BCUT2D eigenvalue weighted by Crippen LogP contribution is 2.27. The molecule has 0 unspecified atom stereocenters. The number of Topliss-reactive ketones (excluding diaryl/α,β-unsaturated/α-hetero) is 1. The molecule has 1 aliphatic rings. The van der Waals surface area contributed by atoms with E-state index in [0.29, 0.717) is 17.0 Å². The van der Waals surface area contributed by atoms with E-state index in [1.807, 2.05) is 66.7 Å². The molecule has 8 nitrogen and oxygen atoms in total. The molecule has 1 heterocycles. The number of hydrogen-bond donors (Lipinski definition) is 2. The second-order valence-corrected chi connectivity index (χ2v) is 11.0. The van der Waals surface area contributed by atoms with Crippen LogP contribution in [0.3, 0.4) is 0 Å². The monoisotopic (exact) mass is 584 g/mol. The van der Waals surface area contributed by atoms with Gasteiger partial charge >= 0.3 is 0 Å². The molecule has 0 saturated heterocycles. The number of amides is 2. The van der Waals surface area contributed by atoms with Gasteiger partial charge < -0.3 is 15.1 Å². The summed E-state index contributed by atoms with van der Waals surface area (Å²) in [6.45, 7) is 0.289. The number of ketones is 1. The van der Waals surface area contributed by atoms with Crippen molar-refractivity contribution in [3.8, 4) is 22.6 Å². The molecule has 1 aliphatic carbocycles. The summed E-state index contributed by atoms with van der Waals surface area (Å²) in [6.07, 6.45) is 5.51. The maximum Gasteiger partial charge on any atom is 0.284 e. The van der Waals surface area contributed by atoms with Crippen LogP contribution in [0.15, 0.2) is 83.3 Å². The van der Waals surface area contributed by atoms with E-state index in [9.17, 15) is 14.4 Å². The van der Waals surface area contributed by atoms with Gasteiger partial charge in [0.25, 0.3) is 11.8 Å². The van der Waals surface area contributed by atoms with Gasteiger partial charge in [0, 0.05) is 29.1 Å². The standard InChI is InChI=1S/C33H33ClN4O4/c34-27-14-7-13-26(21-27)22-16-18-24(19-17-22)30(40)36-29(23-9-3-1-4-10-23)31(41)35-20-8-15-28(39)33-38-37-32(42-33)25-11-5-2-6-12-25/h2,5-7,11-14,16-19,21,23,29H,1,3-4,8-10,15,20H2,(H,35,41)(H,36,40)/t29-/m0/s1. The lowest BCUT2D eigenvalue weighted by Crippen LogP contribution is -2.51. The molecule has 216 valence electrons. The van der Waals surface area contributed by atoms with Gasteiger partial charge in [0.2, 0.25) is 17.6 Å². The first-order chi connectivity index (χ1) is 20.5.